The number of aliphatic carboxylic acids is 1. The Balaban J connectivity index is 1.00. The topological polar surface area (TPSA) is 144 Å². The Bertz CT molecular complexity index is 2320. The van der Waals surface area contributed by atoms with Crippen LogP contribution in [0, 0.1) is 12.3 Å². The highest BCUT2D eigenvalue weighted by Gasteiger charge is 2.54. The van der Waals surface area contributed by atoms with Crippen molar-refractivity contribution in [2.75, 3.05) is 27.8 Å². The molecule has 0 unspecified atom stereocenters. The Morgan fingerprint density at radius 3 is 2.39 bits per heavy atom. The van der Waals surface area contributed by atoms with Crippen molar-refractivity contribution in [3.63, 3.8) is 0 Å². The van der Waals surface area contributed by atoms with E-state index >= 15 is 0 Å². The van der Waals surface area contributed by atoms with E-state index in [4.69, 9.17) is 36.1 Å². The minimum atomic E-state index is -0.646. The van der Waals surface area contributed by atoms with Crippen LogP contribution in [0.25, 0.3) is 33.3 Å². The molecule has 4 fully saturated rings. The van der Waals surface area contributed by atoms with Gasteiger partial charge in [0, 0.05) is 59.7 Å². The molecular weight excluding hydrogens is 742 g/mol. The van der Waals surface area contributed by atoms with Crippen LogP contribution < -0.4 is 20.1 Å². The number of carboxylic acid groups (broad SMARTS) is 1. The summed E-state index contributed by atoms with van der Waals surface area (Å²) in [4.78, 5) is 35.8. The number of halogens is 1. The number of carbonyl (C=O) groups excluding carboxylic acids is 1. The number of pyridine rings is 2. The summed E-state index contributed by atoms with van der Waals surface area (Å²) in [5, 5.41) is 22.7. The van der Waals surface area contributed by atoms with E-state index in [2.05, 4.69) is 65.9 Å². The Morgan fingerprint density at radius 1 is 0.982 bits per heavy atom. The van der Waals surface area contributed by atoms with Gasteiger partial charge in [-0.05, 0) is 93.8 Å². The minimum absolute atomic E-state index is 0.0279. The van der Waals surface area contributed by atoms with Crippen molar-refractivity contribution >= 4 is 34.4 Å². The fourth-order valence-electron chi connectivity index (χ4n) is 9.38. The monoisotopic (exact) mass is 791 g/mol. The van der Waals surface area contributed by atoms with Crippen LogP contribution in [0.15, 0.2) is 60.8 Å². The third-order valence-electron chi connectivity index (χ3n) is 13.0. The van der Waals surface area contributed by atoms with Gasteiger partial charge in [-0.3, -0.25) is 19.2 Å². The molecular formula is C44H50ClN7O5. The summed E-state index contributed by atoms with van der Waals surface area (Å²) in [6.07, 6.45) is 8.10. The first-order chi connectivity index (χ1) is 27.5. The van der Waals surface area contributed by atoms with E-state index < -0.39 is 11.4 Å². The third-order valence-corrected chi connectivity index (χ3v) is 13.3. The summed E-state index contributed by atoms with van der Waals surface area (Å²) in [5.41, 5.74) is 7.96. The molecule has 1 amide bonds. The molecule has 298 valence electrons. The van der Waals surface area contributed by atoms with Crippen LogP contribution >= 0.6 is 11.6 Å². The van der Waals surface area contributed by atoms with E-state index in [1.807, 2.05) is 29.1 Å². The molecule has 9 rings (SSSR count). The van der Waals surface area contributed by atoms with Gasteiger partial charge in [0.25, 0.3) is 0 Å². The van der Waals surface area contributed by atoms with Gasteiger partial charge in [-0.25, -0.2) is 9.97 Å². The second-order valence-corrected chi connectivity index (χ2v) is 16.5. The highest BCUT2D eigenvalue weighted by Crippen LogP contribution is 2.55. The lowest BCUT2D eigenvalue weighted by atomic mass is 9.57. The van der Waals surface area contributed by atoms with Crippen LogP contribution in [-0.4, -0.2) is 81.0 Å². The van der Waals surface area contributed by atoms with Crippen LogP contribution in [0.2, 0.25) is 5.02 Å². The number of nitrogens with one attached hydrogen (secondary N) is 2. The molecule has 13 heteroatoms. The zero-order valence-corrected chi connectivity index (χ0v) is 33.8. The average Bonchev–Trinajstić information content (AvgIpc) is 3.85. The molecule has 2 bridgehead atoms. The lowest BCUT2D eigenvalue weighted by molar-refractivity contribution is -0.160. The summed E-state index contributed by atoms with van der Waals surface area (Å²) >= 11 is 6.96. The highest BCUT2D eigenvalue weighted by molar-refractivity contribution is 6.31. The Hall–Kier alpha value is -5.04. The summed E-state index contributed by atoms with van der Waals surface area (Å²) in [6.45, 7) is 4.37. The number of benzene rings is 2. The maximum absolute atomic E-state index is 12.0. The fraction of sp³-hybridized carbons (Fsp3) is 0.432. The number of methoxy groups -OCH3 is 2. The molecule has 2 aromatic carbocycles. The molecule has 1 atom stereocenters. The van der Waals surface area contributed by atoms with Crippen LogP contribution in [-0.2, 0) is 29.2 Å². The standard InChI is InChI=1S/C44H50ClN7O5/c1-27-31(7-5-8-32(27)36-13-11-28(40(49-36)56-3)22-46-23-30-12-14-39(53)48-30)33-9-6-10-38-34(33)24-47-52(38)26-37-35(45)21-29(41(50-37)57-4)25-51(2)44-18-15-43(16-19-44,17-20-44)42(54)55/h5-11,13,21,24,30,46H,12,14-20,22-23,25-26H2,1-4H3,(H,48,53)(H,54,55)/t30-,43?,44?/m0/s1. The molecule has 4 heterocycles. The zero-order valence-electron chi connectivity index (χ0n) is 33.0. The van der Waals surface area contributed by atoms with E-state index in [1.54, 1.807) is 14.2 Å². The molecule has 57 heavy (non-hydrogen) atoms. The van der Waals surface area contributed by atoms with E-state index in [1.165, 1.54) is 0 Å². The lowest BCUT2D eigenvalue weighted by Gasteiger charge is -2.55. The van der Waals surface area contributed by atoms with Gasteiger partial charge in [0.1, 0.15) is 0 Å². The first kappa shape index (κ1) is 38.8. The summed E-state index contributed by atoms with van der Waals surface area (Å²) in [7, 11) is 5.39. The van der Waals surface area contributed by atoms with E-state index in [0.29, 0.717) is 55.1 Å². The van der Waals surface area contributed by atoms with Gasteiger partial charge in [-0.15, -0.1) is 0 Å². The van der Waals surface area contributed by atoms with Gasteiger partial charge in [0.15, 0.2) is 0 Å². The number of carboxylic acids is 1. The van der Waals surface area contributed by atoms with Crippen LogP contribution in [0.5, 0.6) is 11.8 Å². The van der Waals surface area contributed by atoms with Crippen molar-refractivity contribution in [1.29, 1.82) is 0 Å². The SMILES string of the molecule is COc1nc(-c2cccc(-c3cccc4c3cnn4Cc3nc(OC)c(CN(C)C45CCC(C(=O)O)(CC4)CC5)cc3Cl)c2C)ccc1CNC[C@@H]1CCC(=O)N1. The molecule has 1 aliphatic heterocycles. The molecule has 3 aromatic heterocycles. The quantitative estimate of drug-likeness (QED) is 0.106. The Labute approximate surface area is 337 Å². The van der Waals surface area contributed by atoms with Gasteiger partial charge in [0.05, 0.1) is 54.3 Å². The van der Waals surface area contributed by atoms with Crippen LogP contribution in [0.4, 0.5) is 0 Å². The molecule has 12 nitrogen and oxygen atoms in total. The second-order valence-electron chi connectivity index (χ2n) is 16.1. The van der Waals surface area contributed by atoms with Crippen LogP contribution in [0.3, 0.4) is 0 Å². The Kier molecular flexibility index (Phi) is 10.7. The molecule has 1 saturated heterocycles. The average molecular weight is 792 g/mol. The van der Waals surface area contributed by atoms with Crippen molar-refractivity contribution in [2.24, 2.45) is 5.41 Å². The predicted octanol–water partition coefficient (Wildman–Crippen LogP) is 7.17. The van der Waals surface area contributed by atoms with Gasteiger partial charge in [0.2, 0.25) is 17.7 Å². The second kappa shape index (κ2) is 15.7. The van der Waals surface area contributed by atoms with Crippen molar-refractivity contribution in [3.05, 3.63) is 88.2 Å². The third kappa shape index (κ3) is 7.35. The smallest absolute Gasteiger partial charge is 0.309 e. The Morgan fingerprint density at radius 2 is 1.68 bits per heavy atom. The summed E-state index contributed by atoms with van der Waals surface area (Å²) in [5.74, 6) is 0.563. The molecule has 0 spiro atoms. The number of rotatable bonds is 14. The van der Waals surface area contributed by atoms with Crippen molar-refractivity contribution in [1.82, 2.24) is 35.3 Å². The number of hydrogen-bond acceptors (Lipinski definition) is 9. The molecule has 0 radical (unpaired) electrons. The first-order valence-electron chi connectivity index (χ1n) is 19.8. The number of carbonyl (C=O) groups is 2. The van der Waals surface area contributed by atoms with Crippen molar-refractivity contribution in [2.45, 2.75) is 89.5 Å². The number of hydrogen-bond donors (Lipinski definition) is 3. The molecule has 3 saturated carbocycles. The van der Waals surface area contributed by atoms with Crippen molar-refractivity contribution < 1.29 is 24.2 Å². The molecule has 3 N–H and O–H groups in total. The lowest BCUT2D eigenvalue weighted by Crippen LogP contribution is -2.56. The predicted molar refractivity (Wildman–Crippen MR) is 219 cm³/mol. The maximum Gasteiger partial charge on any atom is 0.309 e. The maximum atomic E-state index is 12.0. The van der Waals surface area contributed by atoms with Gasteiger partial charge < -0.3 is 25.2 Å². The molecule has 4 aliphatic rings. The van der Waals surface area contributed by atoms with E-state index in [0.717, 1.165) is 94.9 Å². The minimum Gasteiger partial charge on any atom is -0.481 e. The number of aromatic nitrogens is 4. The van der Waals surface area contributed by atoms with E-state index in [9.17, 15) is 14.7 Å². The van der Waals surface area contributed by atoms with Gasteiger partial charge >= 0.3 is 5.97 Å². The highest BCUT2D eigenvalue weighted by atomic mass is 35.5. The van der Waals surface area contributed by atoms with Crippen LogP contribution in [0.1, 0.15) is 73.8 Å². The first-order valence-corrected chi connectivity index (χ1v) is 20.2. The molecule has 5 aromatic rings. The number of amides is 1. The normalized spacial score (nSPS) is 21.6. The zero-order chi connectivity index (χ0) is 39.9. The number of fused-ring (bicyclic) bond motifs is 4. The van der Waals surface area contributed by atoms with Crippen molar-refractivity contribution in [3.8, 4) is 34.1 Å². The largest absolute Gasteiger partial charge is 0.481 e. The molecule has 3 aliphatic carbocycles. The summed E-state index contributed by atoms with van der Waals surface area (Å²) < 4.78 is 13.5. The number of ether oxygens (including phenoxy) is 2. The van der Waals surface area contributed by atoms with E-state index in [-0.39, 0.29) is 17.5 Å². The number of nitrogens with zero attached hydrogens (tertiary/aromatic N) is 5. The van der Waals surface area contributed by atoms with Gasteiger partial charge in [-0.1, -0.05) is 48.0 Å². The van der Waals surface area contributed by atoms with Gasteiger partial charge in [-0.2, -0.15) is 5.10 Å². The fourth-order valence-corrected chi connectivity index (χ4v) is 9.62. The summed E-state index contributed by atoms with van der Waals surface area (Å²) in [6, 6.07) is 18.7.